The number of carbonyl (C=O) groups is 2. The standard InChI is InChI=1S/C17H16N2O5/c1-2-13-11(17(21)22)7-6-10(19-13)8-18-16(20)12-4-3-5-14-15(12)24-9-23-14/h3-7H,2,8-9H2,1H3,(H,18,20)(H,21,22). The number of nitrogens with one attached hydrogen (secondary N) is 1. The first-order chi connectivity index (χ1) is 11.6. The zero-order chi connectivity index (χ0) is 17.1. The van der Waals surface area contributed by atoms with Crippen molar-refractivity contribution in [2.75, 3.05) is 6.79 Å². The van der Waals surface area contributed by atoms with Crippen LogP contribution in [0.4, 0.5) is 0 Å². The maximum atomic E-state index is 12.3. The SMILES string of the molecule is CCc1nc(CNC(=O)c2cccc3c2OCO3)ccc1C(=O)O. The molecule has 0 saturated carbocycles. The van der Waals surface area contributed by atoms with E-state index in [-0.39, 0.29) is 24.8 Å². The maximum Gasteiger partial charge on any atom is 0.337 e. The highest BCUT2D eigenvalue weighted by Crippen LogP contribution is 2.35. The number of rotatable bonds is 5. The minimum atomic E-state index is -1.01. The van der Waals surface area contributed by atoms with E-state index in [1.165, 1.54) is 6.07 Å². The molecule has 24 heavy (non-hydrogen) atoms. The van der Waals surface area contributed by atoms with Gasteiger partial charge in [0.15, 0.2) is 11.5 Å². The molecule has 0 aliphatic carbocycles. The fraction of sp³-hybridized carbons (Fsp3) is 0.235. The van der Waals surface area contributed by atoms with Crippen molar-refractivity contribution < 1.29 is 24.2 Å². The number of aryl methyl sites for hydroxylation is 1. The molecule has 124 valence electrons. The van der Waals surface area contributed by atoms with E-state index in [0.717, 1.165) is 0 Å². The molecule has 0 unspecified atom stereocenters. The first kappa shape index (κ1) is 15.8. The highest BCUT2D eigenvalue weighted by Gasteiger charge is 2.21. The van der Waals surface area contributed by atoms with Gasteiger partial charge in [-0.25, -0.2) is 4.79 Å². The number of aromatic nitrogens is 1. The Bertz CT molecular complexity index is 804. The zero-order valence-corrected chi connectivity index (χ0v) is 13.0. The average Bonchev–Trinajstić information content (AvgIpc) is 3.07. The summed E-state index contributed by atoms with van der Waals surface area (Å²) in [6, 6.07) is 8.21. The van der Waals surface area contributed by atoms with E-state index in [2.05, 4.69) is 10.3 Å². The molecule has 0 spiro atoms. The van der Waals surface area contributed by atoms with Gasteiger partial charge in [0.05, 0.1) is 29.1 Å². The monoisotopic (exact) mass is 328 g/mol. The molecule has 0 atom stereocenters. The van der Waals surface area contributed by atoms with E-state index in [1.807, 2.05) is 6.92 Å². The lowest BCUT2D eigenvalue weighted by atomic mass is 10.1. The van der Waals surface area contributed by atoms with Crippen LogP contribution in [0.2, 0.25) is 0 Å². The van der Waals surface area contributed by atoms with Crippen LogP contribution in [0.1, 0.15) is 39.0 Å². The number of amides is 1. The Morgan fingerprint density at radius 3 is 2.79 bits per heavy atom. The molecule has 7 nitrogen and oxygen atoms in total. The first-order valence-electron chi connectivity index (χ1n) is 7.49. The van der Waals surface area contributed by atoms with E-state index in [1.54, 1.807) is 24.3 Å². The Morgan fingerprint density at radius 1 is 1.21 bits per heavy atom. The number of hydrogen-bond acceptors (Lipinski definition) is 5. The van der Waals surface area contributed by atoms with Crippen LogP contribution in [-0.2, 0) is 13.0 Å². The molecule has 1 aromatic carbocycles. The molecule has 2 N–H and O–H groups in total. The Kier molecular flexibility index (Phi) is 4.33. The second-order valence-electron chi connectivity index (χ2n) is 5.18. The summed E-state index contributed by atoms with van der Waals surface area (Å²) in [7, 11) is 0. The summed E-state index contributed by atoms with van der Waals surface area (Å²) < 4.78 is 10.6. The third kappa shape index (κ3) is 3.01. The lowest BCUT2D eigenvalue weighted by Gasteiger charge is -2.09. The fourth-order valence-electron chi connectivity index (χ4n) is 2.48. The molecule has 0 fully saturated rings. The van der Waals surface area contributed by atoms with Gasteiger partial charge in [-0.15, -0.1) is 0 Å². The van der Waals surface area contributed by atoms with Crippen molar-refractivity contribution in [1.29, 1.82) is 0 Å². The van der Waals surface area contributed by atoms with E-state index >= 15 is 0 Å². The number of benzene rings is 1. The fourth-order valence-corrected chi connectivity index (χ4v) is 2.48. The molecule has 2 aromatic rings. The molecular weight excluding hydrogens is 312 g/mol. The van der Waals surface area contributed by atoms with Crippen molar-refractivity contribution in [3.63, 3.8) is 0 Å². The van der Waals surface area contributed by atoms with E-state index < -0.39 is 5.97 Å². The number of carboxylic acids is 1. The third-order valence-corrected chi connectivity index (χ3v) is 3.67. The van der Waals surface area contributed by atoms with Gasteiger partial charge in [-0.1, -0.05) is 13.0 Å². The van der Waals surface area contributed by atoms with Gasteiger partial charge in [0.2, 0.25) is 6.79 Å². The third-order valence-electron chi connectivity index (χ3n) is 3.67. The summed E-state index contributed by atoms with van der Waals surface area (Å²) in [6.45, 7) is 2.12. The first-order valence-corrected chi connectivity index (χ1v) is 7.49. The van der Waals surface area contributed by atoms with Crippen molar-refractivity contribution >= 4 is 11.9 Å². The van der Waals surface area contributed by atoms with Gasteiger partial charge in [0.25, 0.3) is 5.91 Å². The Labute approximate surface area is 138 Å². The molecule has 2 heterocycles. The Balaban J connectivity index is 1.73. The normalized spacial score (nSPS) is 12.0. The molecule has 7 heteroatoms. The van der Waals surface area contributed by atoms with Crippen molar-refractivity contribution in [3.05, 3.63) is 52.8 Å². The second-order valence-corrected chi connectivity index (χ2v) is 5.18. The number of carboxylic acid groups (broad SMARTS) is 1. The molecule has 1 aliphatic heterocycles. The predicted molar refractivity (Wildman–Crippen MR) is 84.3 cm³/mol. The lowest BCUT2D eigenvalue weighted by molar-refractivity contribution is 0.0694. The number of hydrogen-bond donors (Lipinski definition) is 2. The molecule has 3 rings (SSSR count). The summed E-state index contributed by atoms with van der Waals surface area (Å²) in [4.78, 5) is 27.8. The summed E-state index contributed by atoms with van der Waals surface area (Å²) >= 11 is 0. The van der Waals surface area contributed by atoms with Crippen LogP contribution in [0, 0.1) is 0 Å². The number of ether oxygens (including phenoxy) is 2. The minimum Gasteiger partial charge on any atom is -0.478 e. The van der Waals surface area contributed by atoms with Gasteiger partial charge in [-0.2, -0.15) is 0 Å². The predicted octanol–water partition coefficient (Wildman–Crippen LogP) is 2.00. The van der Waals surface area contributed by atoms with Crippen molar-refractivity contribution in [2.24, 2.45) is 0 Å². The van der Waals surface area contributed by atoms with Crippen LogP contribution in [0.25, 0.3) is 0 Å². The summed E-state index contributed by atoms with van der Waals surface area (Å²) in [5, 5.41) is 11.9. The molecule has 1 aliphatic rings. The van der Waals surface area contributed by atoms with Gasteiger partial charge >= 0.3 is 5.97 Å². The number of nitrogens with zero attached hydrogens (tertiary/aromatic N) is 1. The molecular formula is C17H16N2O5. The Hall–Kier alpha value is -3.09. The summed E-state index contributed by atoms with van der Waals surface area (Å²) in [6.07, 6.45) is 0.501. The van der Waals surface area contributed by atoms with Gasteiger partial charge in [0, 0.05) is 0 Å². The van der Waals surface area contributed by atoms with Crippen LogP contribution in [-0.4, -0.2) is 28.8 Å². The highest BCUT2D eigenvalue weighted by atomic mass is 16.7. The summed E-state index contributed by atoms with van der Waals surface area (Å²) in [5.74, 6) is -0.343. The van der Waals surface area contributed by atoms with Gasteiger partial charge in [-0.3, -0.25) is 9.78 Å². The number of carbonyl (C=O) groups excluding carboxylic acids is 1. The zero-order valence-electron chi connectivity index (χ0n) is 13.0. The van der Waals surface area contributed by atoms with Gasteiger partial charge in [0.1, 0.15) is 0 Å². The average molecular weight is 328 g/mol. The molecule has 0 bridgehead atoms. The van der Waals surface area contributed by atoms with Crippen LogP contribution in [0.15, 0.2) is 30.3 Å². The maximum absolute atomic E-state index is 12.3. The number of aromatic carboxylic acids is 1. The van der Waals surface area contributed by atoms with E-state index in [0.29, 0.717) is 34.9 Å². The minimum absolute atomic E-state index is 0.0949. The van der Waals surface area contributed by atoms with E-state index in [4.69, 9.17) is 14.6 Å². The van der Waals surface area contributed by atoms with Crippen molar-refractivity contribution in [1.82, 2.24) is 10.3 Å². The van der Waals surface area contributed by atoms with Gasteiger partial charge < -0.3 is 19.9 Å². The number of pyridine rings is 1. The van der Waals surface area contributed by atoms with Crippen LogP contribution >= 0.6 is 0 Å². The highest BCUT2D eigenvalue weighted by molar-refractivity contribution is 5.97. The number of fused-ring (bicyclic) bond motifs is 1. The molecule has 0 radical (unpaired) electrons. The van der Waals surface area contributed by atoms with E-state index in [9.17, 15) is 9.59 Å². The smallest absolute Gasteiger partial charge is 0.337 e. The lowest BCUT2D eigenvalue weighted by Crippen LogP contribution is -2.24. The number of para-hydroxylation sites is 1. The van der Waals surface area contributed by atoms with Crippen molar-refractivity contribution in [2.45, 2.75) is 19.9 Å². The van der Waals surface area contributed by atoms with Crippen LogP contribution in [0.5, 0.6) is 11.5 Å². The van der Waals surface area contributed by atoms with Gasteiger partial charge in [-0.05, 0) is 30.7 Å². The quantitative estimate of drug-likeness (QED) is 0.871. The largest absolute Gasteiger partial charge is 0.478 e. The summed E-state index contributed by atoms with van der Waals surface area (Å²) in [5.41, 5.74) is 1.66. The topological polar surface area (TPSA) is 97.8 Å². The van der Waals surface area contributed by atoms with Crippen molar-refractivity contribution in [3.8, 4) is 11.5 Å². The van der Waals surface area contributed by atoms with Crippen LogP contribution in [0.3, 0.4) is 0 Å². The molecule has 1 aromatic heterocycles. The Morgan fingerprint density at radius 2 is 2.04 bits per heavy atom. The molecule has 1 amide bonds. The second kappa shape index (κ2) is 6.57. The van der Waals surface area contributed by atoms with Crippen LogP contribution < -0.4 is 14.8 Å². The molecule has 0 saturated heterocycles.